The van der Waals surface area contributed by atoms with Crippen LogP contribution in [0.2, 0.25) is 0 Å². The predicted octanol–water partition coefficient (Wildman–Crippen LogP) is 3.94. The lowest BCUT2D eigenvalue weighted by Crippen LogP contribution is -1.82. The summed E-state index contributed by atoms with van der Waals surface area (Å²) in [5.41, 5.74) is 1.21. The topological polar surface area (TPSA) is 0 Å². The van der Waals surface area contributed by atoms with E-state index in [2.05, 4.69) is 19.1 Å². The van der Waals surface area contributed by atoms with Crippen LogP contribution in [-0.2, 0) is 0 Å². The van der Waals surface area contributed by atoms with Crippen LogP contribution in [-0.4, -0.2) is 0 Å². The highest BCUT2D eigenvalue weighted by Crippen LogP contribution is 2.07. The molecule has 1 aromatic carbocycles. The number of aryl methyl sites for hydroxylation is 1. The van der Waals surface area contributed by atoms with Gasteiger partial charge in [0.1, 0.15) is 5.82 Å². The largest absolute Gasteiger partial charge is 0.206 e. The van der Waals surface area contributed by atoms with Gasteiger partial charge in [-0.1, -0.05) is 25.8 Å². The van der Waals surface area contributed by atoms with Gasteiger partial charge in [0.15, 0.2) is 0 Å². The highest BCUT2D eigenvalue weighted by Gasteiger charge is 1.96. The number of terminal acetylenes is 1. The van der Waals surface area contributed by atoms with Crippen molar-refractivity contribution in [2.45, 2.75) is 20.8 Å². The molecular weight excluding hydrogens is 175 g/mol. The maximum absolute atomic E-state index is 12.7. The Morgan fingerprint density at radius 2 is 1.79 bits per heavy atom. The molecule has 0 aliphatic heterocycles. The van der Waals surface area contributed by atoms with Crippen LogP contribution < -0.4 is 0 Å². The minimum Gasteiger partial charge on any atom is -0.206 e. The summed E-state index contributed by atoms with van der Waals surface area (Å²) in [5, 5.41) is 0. The van der Waals surface area contributed by atoms with Gasteiger partial charge in [-0.05, 0) is 24.6 Å². The Hall–Kier alpha value is -1.55. The first kappa shape index (κ1) is 14.9. The van der Waals surface area contributed by atoms with Gasteiger partial charge in [0.25, 0.3) is 0 Å². The fraction of sp³-hybridized carbons (Fsp3) is 0.231. The molecule has 0 heterocycles. The molecule has 76 valence electrons. The quantitative estimate of drug-likeness (QED) is 0.431. The second-order valence-electron chi connectivity index (χ2n) is 2.13. The Morgan fingerprint density at radius 3 is 2.14 bits per heavy atom. The maximum Gasteiger partial charge on any atom is 0.139 e. The van der Waals surface area contributed by atoms with Gasteiger partial charge < -0.3 is 0 Å². The van der Waals surface area contributed by atoms with Crippen molar-refractivity contribution in [3.63, 3.8) is 0 Å². The molecule has 0 aliphatic carbocycles. The molecule has 0 saturated carbocycles. The van der Waals surface area contributed by atoms with Gasteiger partial charge in [0.05, 0.1) is 5.56 Å². The molecule has 0 saturated heterocycles. The minimum atomic E-state index is -0.317. The van der Waals surface area contributed by atoms with E-state index in [1.807, 2.05) is 20.8 Å². The minimum absolute atomic E-state index is 0.317. The lowest BCUT2D eigenvalue weighted by Gasteiger charge is -1.94. The van der Waals surface area contributed by atoms with Gasteiger partial charge >= 0.3 is 0 Å². The van der Waals surface area contributed by atoms with Crippen molar-refractivity contribution in [1.29, 1.82) is 0 Å². The number of hydrogen-bond acceptors (Lipinski definition) is 0. The van der Waals surface area contributed by atoms with Crippen molar-refractivity contribution in [3.8, 4) is 12.3 Å². The van der Waals surface area contributed by atoms with Crippen molar-refractivity contribution >= 4 is 0 Å². The molecule has 0 unspecified atom stereocenters. The van der Waals surface area contributed by atoms with E-state index in [9.17, 15) is 4.39 Å². The van der Waals surface area contributed by atoms with Gasteiger partial charge in [-0.25, -0.2) is 4.39 Å². The molecule has 0 aliphatic rings. The Bertz CT molecular complexity index is 295. The standard InChI is InChI=1S/C9H7F.C2H6.C2H4/c1-3-8-5-4-7(2)6-9(8)10;2*1-2/h1,4-6H,2H3;1-2H3;1-2H2. The van der Waals surface area contributed by atoms with Crippen molar-refractivity contribution < 1.29 is 4.39 Å². The first-order valence-corrected chi connectivity index (χ1v) is 4.47. The zero-order chi connectivity index (χ0) is 11.6. The summed E-state index contributed by atoms with van der Waals surface area (Å²) in [6.45, 7) is 11.8. The Labute approximate surface area is 86.5 Å². The van der Waals surface area contributed by atoms with Crippen LogP contribution in [0.3, 0.4) is 0 Å². The first-order valence-electron chi connectivity index (χ1n) is 4.47. The number of benzene rings is 1. The third kappa shape index (κ3) is 5.16. The van der Waals surface area contributed by atoms with Crippen LogP contribution in [0.4, 0.5) is 4.39 Å². The second kappa shape index (κ2) is 9.54. The SMILES string of the molecule is C#Cc1ccc(C)cc1F.C=C.CC. The van der Waals surface area contributed by atoms with Crippen LogP contribution in [0.5, 0.6) is 0 Å². The highest BCUT2D eigenvalue weighted by atomic mass is 19.1. The Balaban J connectivity index is 0. The molecule has 0 spiro atoms. The van der Waals surface area contributed by atoms with E-state index in [1.54, 1.807) is 12.1 Å². The normalized spacial score (nSPS) is 7.07. The molecule has 0 atom stereocenters. The van der Waals surface area contributed by atoms with E-state index in [0.717, 1.165) is 5.56 Å². The number of hydrogen-bond donors (Lipinski definition) is 0. The van der Waals surface area contributed by atoms with E-state index in [-0.39, 0.29) is 5.82 Å². The lowest BCUT2D eigenvalue weighted by atomic mass is 10.1. The summed E-state index contributed by atoms with van der Waals surface area (Å²) in [7, 11) is 0. The summed E-state index contributed by atoms with van der Waals surface area (Å²) in [5.74, 6) is 1.93. The zero-order valence-corrected chi connectivity index (χ0v) is 9.10. The molecule has 0 fully saturated rings. The molecule has 1 rings (SSSR count). The van der Waals surface area contributed by atoms with Crippen molar-refractivity contribution in [1.82, 2.24) is 0 Å². The molecule has 0 N–H and O–H groups in total. The molecular formula is C13H17F. The molecule has 1 heteroatoms. The average Bonchev–Trinajstić information content (AvgIpc) is 2.24. The third-order valence-corrected chi connectivity index (χ3v) is 1.28. The van der Waals surface area contributed by atoms with Gasteiger partial charge in [-0.2, -0.15) is 0 Å². The van der Waals surface area contributed by atoms with Crippen molar-refractivity contribution in [2.24, 2.45) is 0 Å². The van der Waals surface area contributed by atoms with Crippen LogP contribution >= 0.6 is 0 Å². The number of rotatable bonds is 0. The summed E-state index contributed by atoms with van der Waals surface area (Å²) >= 11 is 0. The van der Waals surface area contributed by atoms with Gasteiger partial charge in [0, 0.05) is 0 Å². The van der Waals surface area contributed by atoms with Gasteiger partial charge in [-0.3, -0.25) is 0 Å². The fourth-order valence-corrected chi connectivity index (χ4v) is 0.737. The Kier molecular flexibility index (Phi) is 10.2. The summed E-state index contributed by atoms with van der Waals surface area (Å²) in [4.78, 5) is 0. The smallest absolute Gasteiger partial charge is 0.139 e. The third-order valence-electron chi connectivity index (χ3n) is 1.28. The van der Waals surface area contributed by atoms with Crippen molar-refractivity contribution in [2.75, 3.05) is 0 Å². The number of halogens is 1. The van der Waals surface area contributed by atoms with Crippen LogP contribution in [0.25, 0.3) is 0 Å². The zero-order valence-electron chi connectivity index (χ0n) is 9.10. The van der Waals surface area contributed by atoms with Crippen LogP contribution in [0.1, 0.15) is 25.0 Å². The van der Waals surface area contributed by atoms with E-state index in [4.69, 9.17) is 6.42 Å². The monoisotopic (exact) mass is 192 g/mol. The van der Waals surface area contributed by atoms with Crippen LogP contribution in [0.15, 0.2) is 31.4 Å². The first-order chi connectivity index (χ1) is 6.74. The molecule has 0 nitrogen and oxygen atoms in total. The molecule has 0 amide bonds. The fourth-order valence-electron chi connectivity index (χ4n) is 0.737. The van der Waals surface area contributed by atoms with E-state index in [1.165, 1.54) is 6.07 Å². The maximum atomic E-state index is 12.7. The van der Waals surface area contributed by atoms with Gasteiger partial charge in [0.2, 0.25) is 0 Å². The predicted molar refractivity (Wildman–Crippen MR) is 61.7 cm³/mol. The molecule has 1 aromatic rings. The molecule has 0 aromatic heterocycles. The summed E-state index contributed by atoms with van der Waals surface area (Å²) in [6, 6.07) is 4.82. The summed E-state index contributed by atoms with van der Waals surface area (Å²) < 4.78 is 12.7. The molecule has 0 bridgehead atoms. The van der Waals surface area contributed by atoms with E-state index >= 15 is 0 Å². The van der Waals surface area contributed by atoms with Crippen molar-refractivity contribution in [3.05, 3.63) is 48.3 Å². The summed E-state index contributed by atoms with van der Waals surface area (Å²) in [6.07, 6.45) is 5.01. The highest BCUT2D eigenvalue weighted by molar-refractivity contribution is 5.35. The molecule has 0 radical (unpaired) electrons. The second-order valence-corrected chi connectivity index (χ2v) is 2.13. The lowest BCUT2D eigenvalue weighted by molar-refractivity contribution is 0.623. The van der Waals surface area contributed by atoms with Gasteiger partial charge in [-0.15, -0.1) is 19.6 Å². The van der Waals surface area contributed by atoms with E-state index in [0.29, 0.717) is 5.56 Å². The van der Waals surface area contributed by atoms with Crippen LogP contribution in [0, 0.1) is 25.1 Å². The molecule has 14 heavy (non-hydrogen) atoms. The Morgan fingerprint density at radius 1 is 1.29 bits per heavy atom. The van der Waals surface area contributed by atoms with E-state index < -0.39 is 0 Å². The average molecular weight is 192 g/mol.